The highest BCUT2D eigenvalue weighted by Gasteiger charge is 2.33. The minimum Gasteiger partial charge on any atom is -0.330 e. The van der Waals surface area contributed by atoms with E-state index < -0.39 is 10.0 Å². The van der Waals surface area contributed by atoms with Crippen LogP contribution in [0.15, 0.2) is 84.9 Å². The predicted molar refractivity (Wildman–Crippen MR) is 136 cm³/mol. The second-order valence-electron chi connectivity index (χ2n) is 8.51. The molecule has 0 radical (unpaired) electrons. The molecule has 0 atom stereocenters. The van der Waals surface area contributed by atoms with Crippen LogP contribution in [0.5, 0.6) is 0 Å². The molecule has 0 saturated carbocycles. The van der Waals surface area contributed by atoms with Gasteiger partial charge >= 0.3 is 0 Å². The number of carbonyl (C=O) groups excluding carboxylic acids is 1. The molecule has 6 nitrogen and oxygen atoms in total. The molecule has 1 saturated heterocycles. The van der Waals surface area contributed by atoms with Gasteiger partial charge in [-0.1, -0.05) is 84.4 Å². The smallest absolute Gasteiger partial charge is 0.243 e. The van der Waals surface area contributed by atoms with Gasteiger partial charge in [-0.05, 0) is 12.1 Å². The first kappa shape index (κ1) is 24.3. The number of para-hydroxylation sites is 1. The van der Waals surface area contributed by atoms with E-state index in [0.29, 0.717) is 23.8 Å². The van der Waals surface area contributed by atoms with E-state index in [9.17, 15) is 13.2 Å². The van der Waals surface area contributed by atoms with Crippen LogP contribution < -0.4 is 9.21 Å². The van der Waals surface area contributed by atoms with Gasteiger partial charge in [-0.3, -0.25) is 9.10 Å². The zero-order valence-corrected chi connectivity index (χ0v) is 20.7. The summed E-state index contributed by atoms with van der Waals surface area (Å²) >= 11 is 6.23. The molecule has 0 spiro atoms. The molecule has 1 aliphatic heterocycles. The molecule has 4 rings (SSSR count). The summed E-state index contributed by atoms with van der Waals surface area (Å²) < 4.78 is 26.0. The molecule has 1 fully saturated rings. The minimum absolute atomic E-state index is 0.176. The molecule has 1 heterocycles. The summed E-state index contributed by atoms with van der Waals surface area (Å²) in [5, 5.41) is 0.295. The van der Waals surface area contributed by atoms with E-state index >= 15 is 0 Å². The van der Waals surface area contributed by atoms with E-state index in [1.165, 1.54) is 16.0 Å². The highest BCUT2D eigenvalue weighted by Crippen LogP contribution is 2.27. The highest BCUT2D eigenvalue weighted by atomic mass is 35.5. The molecule has 1 N–H and O–H groups in total. The van der Waals surface area contributed by atoms with Crippen LogP contribution in [0, 0.1) is 0 Å². The maximum Gasteiger partial charge on any atom is 0.243 e. The van der Waals surface area contributed by atoms with Gasteiger partial charge in [-0.25, -0.2) is 8.42 Å². The van der Waals surface area contributed by atoms with Crippen LogP contribution in [0.1, 0.15) is 17.2 Å². The minimum atomic E-state index is -3.67. The largest absolute Gasteiger partial charge is 0.330 e. The summed E-state index contributed by atoms with van der Waals surface area (Å²) in [6.07, 6.45) is 1.09. The maximum absolute atomic E-state index is 13.1. The summed E-state index contributed by atoms with van der Waals surface area (Å²) in [6.45, 7) is 2.39. The summed E-state index contributed by atoms with van der Waals surface area (Å²) in [7, 11) is -3.67. The number of hydrogen-bond acceptors (Lipinski definition) is 3. The Balaban J connectivity index is 1.48. The van der Waals surface area contributed by atoms with E-state index in [2.05, 4.69) is 48.5 Å². The Morgan fingerprint density at radius 3 is 1.91 bits per heavy atom. The molecular formula is C26H29ClN3O3S+. The van der Waals surface area contributed by atoms with Crippen LogP contribution in [0.4, 0.5) is 5.69 Å². The van der Waals surface area contributed by atoms with Crippen molar-refractivity contribution < 1.29 is 18.1 Å². The summed E-state index contributed by atoms with van der Waals surface area (Å²) in [6, 6.07) is 27.7. The molecule has 0 aromatic heterocycles. The maximum atomic E-state index is 13.1. The molecule has 34 heavy (non-hydrogen) atoms. The Labute approximate surface area is 206 Å². The normalized spacial score (nSPS) is 14.9. The lowest BCUT2D eigenvalue weighted by Gasteiger charge is -2.37. The highest BCUT2D eigenvalue weighted by molar-refractivity contribution is 7.92. The predicted octanol–water partition coefficient (Wildman–Crippen LogP) is 2.62. The van der Waals surface area contributed by atoms with Gasteiger partial charge in [0.05, 0.1) is 43.1 Å². The number of piperazine rings is 1. The van der Waals surface area contributed by atoms with Gasteiger partial charge in [-0.2, -0.15) is 0 Å². The SMILES string of the molecule is CS(=O)(=O)N(CC(=O)N1CC[NH+](C(c2ccccc2)c2ccccc2)CC1)c1ccccc1Cl. The summed E-state index contributed by atoms with van der Waals surface area (Å²) in [5.74, 6) is -0.222. The topological polar surface area (TPSA) is 62.1 Å². The summed E-state index contributed by atoms with van der Waals surface area (Å²) in [5.41, 5.74) is 2.80. The van der Waals surface area contributed by atoms with Crippen molar-refractivity contribution in [2.24, 2.45) is 0 Å². The lowest BCUT2D eigenvalue weighted by Crippen LogP contribution is -3.15. The number of hydrogen-bond donors (Lipinski definition) is 1. The van der Waals surface area contributed by atoms with Crippen molar-refractivity contribution in [2.45, 2.75) is 6.04 Å². The molecule has 8 heteroatoms. The van der Waals surface area contributed by atoms with Crippen LogP contribution in [-0.2, 0) is 14.8 Å². The van der Waals surface area contributed by atoms with Gasteiger partial charge in [-0.15, -0.1) is 0 Å². The average molecular weight is 499 g/mol. The fourth-order valence-electron chi connectivity index (χ4n) is 4.54. The van der Waals surface area contributed by atoms with Crippen molar-refractivity contribution in [1.29, 1.82) is 0 Å². The van der Waals surface area contributed by atoms with E-state index in [4.69, 9.17) is 11.6 Å². The van der Waals surface area contributed by atoms with E-state index in [-0.39, 0.29) is 18.5 Å². The first-order chi connectivity index (χ1) is 16.3. The Kier molecular flexibility index (Phi) is 7.56. The Morgan fingerprint density at radius 1 is 0.912 bits per heavy atom. The number of amides is 1. The van der Waals surface area contributed by atoms with Crippen molar-refractivity contribution in [3.8, 4) is 0 Å². The number of halogens is 1. The van der Waals surface area contributed by atoms with E-state index in [1.807, 2.05) is 12.1 Å². The zero-order chi connectivity index (χ0) is 24.1. The fourth-order valence-corrected chi connectivity index (χ4v) is 5.69. The first-order valence-corrected chi connectivity index (χ1v) is 13.5. The number of quaternary nitrogens is 1. The average Bonchev–Trinajstić information content (AvgIpc) is 2.84. The number of nitrogens with one attached hydrogen (secondary N) is 1. The number of sulfonamides is 1. The van der Waals surface area contributed by atoms with Gasteiger partial charge < -0.3 is 9.80 Å². The number of rotatable bonds is 7. The van der Waals surface area contributed by atoms with Gasteiger partial charge in [0.1, 0.15) is 12.6 Å². The fraction of sp³-hybridized carbons (Fsp3) is 0.269. The molecule has 0 bridgehead atoms. The van der Waals surface area contributed by atoms with Crippen LogP contribution >= 0.6 is 11.6 Å². The second kappa shape index (κ2) is 10.6. The van der Waals surface area contributed by atoms with Gasteiger partial charge in [0.2, 0.25) is 15.9 Å². The zero-order valence-electron chi connectivity index (χ0n) is 19.1. The van der Waals surface area contributed by atoms with Crippen LogP contribution in [0.3, 0.4) is 0 Å². The lowest BCUT2D eigenvalue weighted by molar-refractivity contribution is -0.929. The third-order valence-electron chi connectivity index (χ3n) is 6.23. The van der Waals surface area contributed by atoms with Crippen LogP contribution in [0.2, 0.25) is 5.02 Å². The van der Waals surface area contributed by atoms with Crippen LogP contribution in [-0.4, -0.2) is 58.2 Å². The molecule has 3 aromatic carbocycles. The Morgan fingerprint density at radius 2 is 1.41 bits per heavy atom. The van der Waals surface area contributed by atoms with Crippen molar-refractivity contribution in [1.82, 2.24) is 4.90 Å². The van der Waals surface area contributed by atoms with E-state index in [0.717, 1.165) is 23.7 Å². The third kappa shape index (κ3) is 5.60. The number of anilines is 1. The number of nitrogens with zero attached hydrogens (tertiary/aromatic N) is 2. The van der Waals surface area contributed by atoms with Gasteiger partial charge in [0, 0.05) is 11.1 Å². The monoisotopic (exact) mass is 498 g/mol. The van der Waals surface area contributed by atoms with E-state index in [1.54, 1.807) is 29.2 Å². The number of carbonyl (C=O) groups is 1. The van der Waals surface area contributed by atoms with Crippen molar-refractivity contribution in [3.63, 3.8) is 0 Å². The molecular weight excluding hydrogens is 470 g/mol. The van der Waals surface area contributed by atoms with Crippen LogP contribution in [0.25, 0.3) is 0 Å². The number of benzene rings is 3. The molecule has 0 aliphatic carbocycles. The second-order valence-corrected chi connectivity index (χ2v) is 10.8. The Hall–Kier alpha value is -2.87. The molecule has 178 valence electrons. The molecule has 1 amide bonds. The van der Waals surface area contributed by atoms with Crippen molar-refractivity contribution in [2.75, 3.05) is 43.3 Å². The lowest BCUT2D eigenvalue weighted by atomic mass is 9.96. The van der Waals surface area contributed by atoms with Gasteiger partial charge in [0.25, 0.3) is 0 Å². The molecule has 3 aromatic rings. The molecule has 0 unspecified atom stereocenters. The Bertz CT molecular complexity index is 1170. The van der Waals surface area contributed by atoms with Crippen molar-refractivity contribution in [3.05, 3.63) is 101 Å². The van der Waals surface area contributed by atoms with Crippen molar-refractivity contribution >= 4 is 33.2 Å². The third-order valence-corrected chi connectivity index (χ3v) is 7.68. The quantitative estimate of drug-likeness (QED) is 0.544. The summed E-state index contributed by atoms with van der Waals surface area (Å²) in [4.78, 5) is 16.3. The first-order valence-electron chi connectivity index (χ1n) is 11.3. The van der Waals surface area contributed by atoms with Gasteiger partial charge in [0.15, 0.2) is 0 Å². The molecule has 1 aliphatic rings. The standard InChI is InChI=1S/C26H28ClN3O3S/c1-34(32,33)30(24-15-9-8-14-23(24)27)20-25(31)28-16-18-29(19-17-28)26(21-10-4-2-5-11-21)22-12-6-3-7-13-22/h2-15,26H,16-20H2,1H3/p+1.